The molecule has 2 heterocycles. The summed E-state index contributed by atoms with van der Waals surface area (Å²) in [6, 6.07) is 4.66. The molecule has 0 bridgehead atoms. The number of hydrogen-bond donors (Lipinski definition) is 1. The van der Waals surface area contributed by atoms with Gasteiger partial charge in [-0.25, -0.2) is 9.97 Å². The van der Waals surface area contributed by atoms with Crippen molar-refractivity contribution in [2.75, 3.05) is 0 Å². The summed E-state index contributed by atoms with van der Waals surface area (Å²) >= 11 is 0. The minimum absolute atomic E-state index is 0.490. The van der Waals surface area contributed by atoms with Gasteiger partial charge in [0.15, 0.2) is 0 Å². The van der Waals surface area contributed by atoms with Gasteiger partial charge >= 0.3 is 0 Å². The molecule has 0 atom stereocenters. The number of aromatic nitrogens is 3. The fourth-order valence-electron chi connectivity index (χ4n) is 1.94. The van der Waals surface area contributed by atoms with Crippen LogP contribution in [0.15, 0.2) is 30.7 Å². The van der Waals surface area contributed by atoms with E-state index >= 15 is 0 Å². The molecule has 0 amide bonds. The molecular weight excluding hydrogens is 236 g/mol. The number of aryl methyl sites for hydroxylation is 1. The molecule has 1 N–H and O–H groups in total. The van der Waals surface area contributed by atoms with Crippen LogP contribution in [0.2, 0.25) is 0 Å². The van der Waals surface area contributed by atoms with Crippen molar-refractivity contribution in [3.63, 3.8) is 0 Å². The highest BCUT2D eigenvalue weighted by Crippen LogP contribution is 2.10. The molecule has 0 unspecified atom stereocenters. The molecule has 19 heavy (non-hydrogen) atoms. The summed E-state index contributed by atoms with van der Waals surface area (Å²) in [6.45, 7) is 7.30. The van der Waals surface area contributed by atoms with Crippen molar-refractivity contribution in [3.8, 4) is 5.82 Å². The summed E-state index contributed by atoms with van der Waals surface area (Å²) in [6.07, 6.45) is 7.81. The van der Waals surface area contributed by atoms with Gasteiger partial charge in [-0.1, -0.05) is 26.8 Å². The lowest BCUT2D eigenvalue weighted by Crippen LogP contribution is -2.21. The van der Waals surface area contributed by atoms with Crippen LogP contribution in [0.4, 0.5) is 0 Å². The van der Waals surface area contributed by atoms with E-state index in [9.17, 15) is 0 Å². The van der Waals surface area contributed by atoms with Gasteiger partial charge in [-0.05, 0) is 18.1 Å². The zero-order chi connectivity index (χ0) is 13.7. The molecule has 2 aromatic heterocycles. The lowest BCUT2D eigenvalue weighted by Gasteiger charge is -2.09. The molecule has 0 aromatic carbocycles. The Bertz CT molecular complexity index is 499. The second kappa shape index (κ2) is 6.48. The number of imidazole rings is 1. The number of rotatable bonds is 6. The monoisotopic (exact) mass is 258 g/mol. The van der Waals surface area contributed by atoms with Crippen molar-refractivity contribution in [1.29, 1.82) is 0 Å². The Morgan fingerprint density at radius 1 is 1.26 bits per heavy atom. The number of hydrogen-bond acceptors (Lipinski definition) is 3. The van der Waals surface area contributed by atoms with Crippen LogP contribution < -0.4 is 5.32 Å². The zero-order valence-corrected chi connectivity index (χ0v) is 11.9. The Labute approximate surface area is 114 Å². The lowest BCUT2D eigenvalue weighted by atomic mass is 10.2. The maximum Gasteiger partial charge on any atom is 0.137 e. The average Bonchev–Trinajstić information content (AvgIpc) is 2.86. The second-order valence-electron chi connectivity index (χ2n) is 5.02. The summed E-state index contributed by atoms with van der Waals surface area (Å²) < 4.78 is 2.06. The van der Waals surface area contributed by atoms with Crippen molar-refractivity contribution in [2.24, 2.45) is 0 Å². The van der Waals surface area contributed by atoms with E-state index in [0.717, 1.165) is 31.0 Å². The third-order valence-electron chi connectivity index (χ3n) is 2.96. The van der Waals surface area contributed by atoms with Crippen LogP contribution in [0, 0.1) is 0 Å². The van der Waals surface area contributed by atoms with E-state index in [1.54, 1.807) is 0 Å². The first-order valence-electron chi connectivity index (χ1n) is 6.91. The Hall–Kier alpha value is -1.68. The molecule has 0 saturated carbocycles. The highest BCUT2D eigenvalue weighted by atomic mass is 15.1. The maximum atomic E-state index is 4.52. The molecule has 4 heteroatoms. The van der Waals surface area contributed by atoms with E-state index in [1.807, 2.05) is 18.6 Å². The molecule has 0 aliphatic carbocycles. The quantitative estimate of drug-likeness (QED) is 0.866. The highest BCUT2D eigenvalue weighted by Gasteiger charge is 2.05. The topological polar surface area (TPSA) is 42.7 Å². The van der Waals surface area contributed by atoms with Crippen LogP contribution >= 0.6 is 0 Å². The SMILES string of the molecule is CCCc1nccn1-c1ccc(CNC(C)C)cn1. The molecule has 0 aliphatic rings. The second-order valence-corrected chi connectivity index (χ2v) is 5.02. The summed E-state index contributed by atoms with van der Waals surface area (Å²) in [7, 11) is 0. The summed E-state index contributed by atoms with van der Waals surface area (Å²) in [5, 5.41) is 3.39. The first kappa shape index (κ1) is 13.7. The first-order chi connectivity index (χ1) is 9.20. The van der Waals surface area contributed by atoms with Gasteiger partial charge in [0.2, 0.25) is 0 Å². The number of nitrogens with zero attached hydrogens (tertiary/aromatic N) is 3. The molecule has 0 radical (unpaired) electrons. The predicted molar refractivity (Wildman–Crippen MR) is 77.3 cm³/mol. The summed E-state index contributed by atoms with van der Waals surface area (Å²) in [4.78, 5) is 8.90. The first-order valence-corrected chi connectivity index (χ1v) is 6.91. The molecule has 0 fully saturated rings. The fraction of sp³-hybridized carbons (Fsp3) is 0.467. The Morgan fingerprint density at radius 3 is 2.74 bits per heavy atom. The van der Waals surface area contributed by atoms with Crippen molar-refractivity contribution in [3.05, 3.63) is 42.1 Å². The third kappa shape index (κ3) is 3.64. The molecule has 0 saturated heterocycles. The van der Waals surface area contributed by atoms with Crippen LogP contribution in [0.1, 0.15) is 38.6 Å². The molecule has 0 aliphatic heterocycles. The standard InChI is InChI=1S/C15H22N4/c1-4-5-14-16-8-9-19(14)15-7-6-13(11-18-15)10-17-12(2)3/h6-9,11-12,17H,4-5,10H2,1-3H3. The molecule has 102 valence electrons. The van der Waals surface area contributed by atoms with Crippen LogP contribution in [0.3, 0.4) is 0 Å². The van der Waals surface area contributed by atoms with Gasteiger partial charge in [-0.2, -0.15) is 0 Å². The van der Waals surface area contributed by atoms with E-state index in [-0.39, 0.29) is 0 Å². The van der Waals surface area contributed by atoms with Crippen LogP contribution in [0.25, 0.3) is 5.82 Å². The van der Waals surface area contributed by atoms with Crippen LogP contribution in [-0.2, 0) is 13.0 Å². The minimum atomic E-state index is 0.490. The zero-order valence-electron chi connectivity index (χ0n) is 11.9. The Morgan fingerprint density at radius 2 is 2.11 bits per heavy atom. The molecule has 2 rings (SSSR count). The Balaban J connectivity index is 2.11. The van der Waals surface area contributed by atoms with E-state index in [0.29, 0.717) is 6.04 Å². The summed E-state index contributed by atoms with van der Waals surface area (Å²) in [5.41, 5.74) is 1.20. The Kier molecular flexibility index (Phi) is 4.68. The van der Waals surface area contributed by atoms with Crippen LogP contribution in [0.5, 0.6) is 0 Å². The van der Waals surface area contributed by atoms with Gasteiger partial charge in [0.05, 0.1) is 0 Å². The normalized spacial score (nSPS) is 11.2. The third-order valence-corrected chi connectivity index (χ3v) is 2.96. The van der Waals surface area contributed by atoms with E-state index < -0.39 is 0 Å². The summed E-state index contributed by atoms with van der Waals surface area (Å²) in [5.74, 6) is 2.01. The predicted octanol–water partition coefficient (Wildman–Crippen LogP) is 2.72. The fourth-order valence-corrected chi connectivity index (χ4v) is 1.94. The molecule has 0 spiro atoms. The maximum absolute atomic E-state index is 4.52. The number of nitrogens with one attached hydrogen (secondary N) is 1. The van der Waals surface area contributed by atoms with Crippen LogP contribution in [-0.4, -0.2) is 20.6 Å². The van der Waals surface area contributed by atoms with Gasteiger partial charge in [0.25, 0.3) is 0 Å². The van der Waals surface area contributed by atoms with Gasteiger partial charge in [0.1, 0.15) is 11.6 Å². The van der Waals surface area contributed by atoms with E-state index in [4.69, 9.17) is 0 Å². The average molecular weight is 258 g/mol. The number of pyridine rings is 1. The molecule has 2 aromatic rings. The highest BCUT2D eigenvalue weighted by molar-refractivity contribution is 5.27. The van der Waals surface area contributed by atoms with Gasteiger partial charge < -0.3 is 5.32 Å². The van der Waals surface area contributed by atoms with Crippen molar-refractivity contribution in [1.82, 2.24) is 19.9 Å². The van der Waals surface area contributed by atoms with Gasteiger partial charge in [-0.3, -0.25) is 4.57 Å². The minimum Gasteiger partial charge on any atom is -0.310 e. The van der Waals surface area contributed by atoms with E-state index in [2.05, 4.69) is 52.8 Å². The van der Waals surface area contributed by atoms with Crippen molar-refractivity contribution < 1.29 is 0 Å². The smallest absolute Gasteiger partial charge is 0.137 e. The lowest BCUT2D eigenvalue weighted by molar-refractivity contribution is 0.588. The molecular formula is C15H22N4. The van der Waals surface area contributed by atoms with Crippen molar-refractivity contribution >= 4 is 0 Å². The van der Waals surface area contributed by atoms with Gasteiger partial charge in [-0.15, -0.1) is 0 Å². The molecule has 4 nitrogen and oxygen atoms in total. The van der Waals surface area contributed by atoms with Crippen molar-refractivity contribution in [2.45, 2.75) is 46.2 Å². The van der Waals surface area contributed by atoms with Gasteiger partial charge in [0, 0.05) is 37.6 Å². The van der Waals surface area contributed by atoms with E-state index in [1.165, 1.54) is 5.56 Å². The largest absolute Gasteiger partial charge is 0.310 e.